The first-order valence-electron chi connectivity index (χ1n) is 3.12. The Morgan fingerprint density at radius 2 is 2.17 bits per heavy atom. The van der Waals surface area contributed by atoms with Crippen LogP contribution in [-0.4, -0.2) is 4.92 Å². The molecule has 0 aliphatic carbocycles. The number of rotatable bonds is 1. The van der Waals surface area contributed by atoms with Gasteiger partial charge in [-0.3, -0.25) is 10.1 Å². The lowest BCUT2D eigenvalue weighted by molar-refractivity contribution is -0.384. The third-order valence-electron chi connectivity index (χ3n) is 1.42. The van der Waals surface area contributed by atoms with Crippen LogP contribution in [0.1, 0.15) is 5.56 Å². The molecule has 0 bridgehead atoms. The van der Waals surface area contributed by atoms with Crippen LogP contribution in [0.5, 0.6) is 0 Å². The van der Waals surface area contributed by atoms with E-state index in [-0.39, 0.29) is 5.02 Å². The topological polar surface area (TPSA) is 43.1 Å². The first-order valence-corrected chi connectivity index (χ1v) is 3.50. The van der Waals surface area contributed by atoms with Crippen LogP contribution in [-0.2, 0) is 0 Å². The van der Waals surface area contributed by atoms with E-state index in [0.717, 1.165) is 6.07 Å². The van der Waals surface area contributed by atoms with Gasteiger partial charge in [-0.2, -0.15) is 0 Å². The summed E-state index contributed by atoms with van der Waals surface area (Å²) >= 11 is 5.49. The second-order valence-electron chi connectivity index (χ2n) is 2.31. The summed E-state index contributed by atoms with van der Waals surface area (Å²) in [5, 5.41) is 10.2. The Labute approximate surface area is 72.9 Å². The highest BCUT2D eigenvalue weighted by Gasteiger charge is 2.14. The maximum Gasteiger partial charge on any atom is 0.290 e. The highest BCUT2D eigenvalue weighted by molar-refractivity contribution is 6.32. The van der Waals surface area contributed by atoms with Crippen molar-refractivity contribution in [3.63, 3.8) is 0 Å². The molecule has 3 nitrogen and oxygen atoms in total. The van der Waals surface area contributed by atoms with E-state index in [9.17, 15) is 14.5 Å². The summed E-state index contributed by atoms with van der Waals surface area (Å²) in [5.74, 6) is -0.619. The van der Waals surface area contributed by atoms with Crippen molar-refractivity contribution in [1.29, 1.82) is 0 Å². The number of nitrogens with zero attached hydrogens (tertiary/aromatic N) is 1. The van der Waals surface area contributed by atoms with E-state index >= 15 is 0 Å². The van der Waals surface area contributed by atoms with Crippen molar-refractivity contribution in [1.82, 2.24) is 0 Å². The summed E-state index contributed by atoms with van der Waals surface area (Å²) in [6.07, 6.45) is 0. The zero-order valence-corrected chi connectivity index (χ0v) is 6.93. The summed E-state index contributed by atoms with van der Waals surface area (Å²) in [6.45, 7) is 1.49. The first kappa shape index (κ1) is 8.93. The van der Waals surface area contributed by atoms with Gasteiger partial charge in [0.15, 0.2) is 0 Å². The van der Waals surface area contributed by atoms with Gasteiger partial charge in [0.1, 0.15) is 10.8 Å². The molecule has 0 radical (unpaired) electrons. The minimum atomic E-state index is -0.717. The molecular formula is C7H5ClFNO2. The summed E-state index contributed by atoms with van der Waals surface area (Å²) < 4.78 is 12.8. The molecule has 0 saturated carbocycles. The van der Waals surface area contributed by atoms with Crippen molar-refractivity contribution >= 4 is 17.3 Å². The maximum atomic E-state index is 12.8. The number of benzene rings is 1. The molecule has 0 aliphatic rings. The van der Waals surface area contributed by atoms with Crippen LogP contribution in [0.25, 0.3) is 0 Å². The van der Waals surface area contributed by atoms with Gasteiger partial charge in [-0.25, -0.2) is 4.39 Å². The van der Waals surface area contributed by atoms with Crippen LogP contribution in [0.4, 0.5) is 10.1 Å². The Hall–Kier alpha value is -1.16. The number of hydrogen-bond acceptors (Lipinski definition) is 2. The molecule has 0 saturated heterocycles. The van der Waals surface area contributed by atoms with Crippen molar-refractivity contribution in [2.45, 2.75) is 6.92 Å². The summed E-state index contributed by atoms with van der Waals surface area (Å²) in [7, 11) is 0. The van der Waals surface area contributed by atoms with Gasteiger partial charge < -0.3 is 0 Å². The van der Waals surface area contributed by atoms with Crippen LogP contribution in [0, 0.1) is 22.9 Å². The smallest absolute Gasteiger partial charge is 0.258 e. The molecule has 12 heavy (non-hydrogen) atoms. The van der Waals surface area contributed by atoms with Gasteiger partial charge >= 0.3 is 0 Å². The van der Waals surface area contributed by atoms with Gasteiger partial charge in [0.25, 0.3) is 5.69 Å². The molecule has 64 valence electrons. The molecule has 0 atom stereocenters. The van der Waals surface area contributed by atoms with Crippen LogP contribution >= 0.6 is 11.6 Å². The second-order valence-corrected chi connectivity index (χ2v) is 2.72. The SMILES string of the molecule is Cc1cc(Cl)c([N+](=O)[O-])cc1F. The number of nitro benzene ring substituents is 1. The Kier molecular flexibility index (Phi) is 2.28. The fraction of sp³-hybridized carbons (Fsp3) is 0.143. The molecule has 0 unspecified atom stereocenters. The molecule has 1 rings (SSSR count). The largest absolute Gasteiger partial charge is 0.290 e. The molecule has 5 heteroatoms. The highest BCUT2D eigenvalue weighted by atomic mass is 35.5. The third-order valence-corrected chi connectivity index (χ3v) is 1.73. The first-order chi connectivity index (χ1) is 5.52. The van der Waals surface area contributed by atoms with Gasteiger partial charge in [0.2, 0.25) is 0 Å². The Morgan fingerprint density at radius 1 is 1.58 bits per heavy atom. The molecule has 0 N–H and O–H groups in total. The number of nitro groups is 1. The van der Waals surface area contributed by atoms with E-state index < -0.39 is 16.4 Å². The van der Waals surface area contributed by atoms with Crippen molar-refractivity contribution in [2.75, 3.05) is 0 Å². The van der Waals surface area contributed by atoms with Gasteiger partial charge in [-0.05, 0) is 18.6 Å². The maximum absolute atomic E-state index is 12.8. The Bertz CT molecular complexity index is 340. The fourth-order valence-corrected chi connectivity index (χ4v) is 1.06. The van der Waals surface area contributed by atoms with Gasteiger partial charge in [0.05, 0.1) is 11.0 Å². The quantitative estimate of drug-likeness (QED) is 0.504. The molecule has 0 fully saturated rings. The van der Waals surface area contributed by atoms with Crippen LogP contribution in [0.15, 0.2) is 12.1 Å². The Balaban J connectivity index is 3.33. The number of hydrogen-bond donors (Lipinski definition) is 0. The molecule has 0 spiro atoms. The molecule has 1 aromatic carbocycles. The fourth-order valence-electron chi connectivity index (χ4n) is 0.776. The molecular weight excluding hydrogens is 185 g/mol. The predicted molar refractivity (Wildman–Crippen MR) is 42.8 cm³/mol. The third kappa shape index (κ3) is 1.53. The summed E-state index contributed by atoms with van der Waals surface area (Å²) in [6, 6.07) is 2.05. The van der Waals surface area contributed by atoms with Crippen molar-refractivity contribution in [2.24, 2.45) is 0 Å². The Morgan fingerprint density at radius 3 is 2.67 bits per heavy atom. The zero-order valence-electron chi connectivity index (χ0n) is 6.17. The predicted octanol–water partition coefficient (Wildman–Crippen LogP) is 2.70. The highest BCUT2D eigenvalue weighted by Crippen LogP contribution is 2.26. The average Bonchev–Trinajstić information content (AvgIpc) is 1.96. The van der Waals surface area contributed by atoms with E-state index in [1.807, 2.05) is 0 Å². The monoisotopic (exact) mass is 189 g/mol. The minimum absolute atomic E-state index is 0.0427. The summed E-state index contributed by atoms with van der Waals surface area (Å²) in [4.78, 5) is 9.52. The van der Waals surface area contributed by atoms with Gasteiger partial charge in [-0.1, -0.05) is 11.6 Å². The lowest BCUT2D eigenvalue weighted by atomic mass is 10.2. The van der Waals surface area contributed by atoms with Crippen molar-refractivity contribution in [3.8, 4) is 0 Å². The van der Waals surface area contributed by atoms with E-state index in [2.05, 4.69) is 0 Å². The lowest BCUT2D eigenvalue weighted by Crippen LogP contribution is -1.92. The van der Waals surface area contributed by atoms with Crippen LogP contribution in [0.2, 0.25) is 5.02 Å². The van der Waals surface area contributed by atoms with Crippen LogP contribution in [0.3, 0.4) is 0 Å². The standard InChI is InChI=1S/C7H5ClFNO2/c1-4-2-5(8)7(10(11)12)3-6(4)9/h2-3H,1H3. The van der Waals surface area contributed by atoms with Gasteiger partial charge in [-0.15, -0.1) is 0 Å². The molecule has 0 heterocycles. The second kappa shape index (κ2) is 3.06. The van der Waals surface area contributed by atoms with Crippen LogP contribution < -0.4 is 0 Å². The number of aryl methyl sites for hydroxylation is 1. The van der Waals surface area contributed by atoms with Crippen molar-refractivity contribution < 1.29 is 9.31 Å². The van der Waals surface area contributed by atoms with E-state index in [1.165, 1.54) is 13.0 Å². The average molecular weight is 190 g/mol. The minimum Gasteiger partial charge on any atom is -0.258 e. The molecule has 0 amide bonds. The summed E-state index contributed by atoms with van der Waals surface area (Å²) in [5.41, 5.74) is -0.106. The molecule has 0 aromatic heterocycles. The lowest BCUT2D eigenvalue weighted by Gasteiger charge is -1.97. The van der Waals surface area contributed by atoms with E-state index in [0.29, 0.717) is 5.56 Å². The van der Waals surface area contributed by atoms with Gasteiger partial charge in [0, 0.05) is 0 Å². The van der Waals surface area contributed by atoms with E-state index in [1.54, 1.807) is 0 Å². The molecule has 0 aliphatic heterocycles. The van der Waals surface area contributed by atoms with E-state index in [4.69, 9.17) is 11.6 Å². The molecule has 1 aromatic rings. The zero-order chi connectivity index (χ0) is 9.30. The normalized spacial score (nSPS) is 9.92. The van der Waals surface area contributed by atoms with Crippen molar-refractivity contribution in [3.05, 3.63) is 38.7 Å². The number of halogens is 2.